The van der Waals surface area contributed by atoms with Gasteiger partial charge in [-0.1, -0.05) is 31.2 Å². The summed E-state index contributed by atoms with van der Waals surface area (Å²) in [5.41, 5.74) is 2.94. The lowest BCUT2D eigenvalue weighted by molar-refractivity contribution is 0.0993. The zero-order valence-electron chi connectivity index (χ0n) is 11.6. The Balaban J connectivity index is 2.30. The lowest BCUT2D eigenvalue weighted by Crippen LogP contribution is -2.26. The Hall–Kier alpha value is -2.60. The molecule has 0 saturated heterocycles. The van der Waals surface area contributed by atoms with Crippen molar-refractivity contribution in [2.45, 2.75) is 13.3 Å². The van der Waals surface area contributed by atoms with Crippen molar-refractivity contribution in [2.24, 2.45) is 0 Å². The van der Waals surface area contributed by atoms with Crippen molar-refractivity contribution < 1.29 is 4.79 Å². The molecule has 0 fully saturated rings. The van der Waals surface area contributed by atoms with Crippen molar-refractivity contribution >= 4 is 11.6 Å². The van der Waals surface area contributed by atoms with Crippen LogP contribution in [0.1, 0.15) is 28.4 Å². The second kappa shape index (κ2) is 6.03. The van der Waals surface area contributed by atoms with Crippen LogP contribution in [0.5, 0.6) is 0 Å². The third kappa shape index (κ3) is 2.70. The smallest absolute Gasteiger partial charge is 0.258 e. The third-order valence-electron chi connectivity index (χ3n) is 3.30. The van der Waals surface area contributed by atoms with Crippen molar-refractivity contribution in [3.8, 4) is 6.07 Å². The minimum Gasteiger partial charge on any atom is -0.310 e. The van der Waals surface area contributed by atoms with Crippen LogP contribution in [-0.2, 0) is 6.42 Å². The van der Waals surface area contributed by atoms with E-state index in [0.29, 0.717) is 16.8 Å². The average Bonchev–Trinajstić information content (AvgIpc) is 2.53. The molecule has 2 aromatic rings. The number of aryl methyl sites for hydroxylation is 1. The Labute approximate surface area is 119 Å². The second-order valence-corrected chi connectivity index (χ2v) is 4.54. The van der Waals surface area contributed by atoms with Gasteiger partial charge in [-0.2, -0.15) is 5.26 Å². The Bertz CT molecular complexity index is 653. The van der Waals surface area contributed by atoms with Crippen molar-refractivity contribution in [1.82, 2.24) is 0 Å². The van der Waals surface area contributed by atoms with Gasteiger partial charge in [0.25, 0.3) is 5.91 Å². The van der Waals surface area contributed by atoms with Crippen LogP contribution in [0.4, 0.5) is 5.69 Å². The van der Waals surface area contributed by atoms with Gasteiger partial charge in [0.1, 0.15) is 6.07 Å². The average molecular weight is 264 g/mol. The summed E-state index contributed by atoms with van der Waals surface area (Å²) in [7, 11) is 1.69. The van der Waals surface area contributed by atoms with Gasteiger partial charge >= 0.3 is 0 Å². The molecule has 0 radical (unpaired) electrons. The Morgan fingerprint density at radius 1 is 1.15 bits per heavy atom. The fraction of sp³-hybridized carbons (Fsp3) is 0.176. The number of nitrogens with zero attached hydrogens (tertiary/aromatic N) is 2. The van der Waals surface area contributed by atoms with E-state index in [4.69, 9.17) is 5.26 Å². The molecule has 0 atom stereocenters. The first kappa shape index (κ1) is 13.8. The molecular weight excluding hydrogens is 248 g/mol. The quantitative estimate of drug-likeness (QED) is 0.852. The molecule has 0 aliphatic rings. The van der Waals surface area contributed by atoms with E-state index in [0.717, 1.165) is 6.42 Å². The van der Waals surface area contributed by atoms with Gasteiger partial charge in [0.15, 0.2) is 0 Å². The summed E-state index contributed by atoms with van der Waals surface area (Å²) in [6, 6.07) is 16.8. The Morgan fingerprint density at radius 3 is 2.40 bits per heavy atom. The van der Waals surface area contributed by atoms with Crippen molar-refractivity contribution in [3.63, 3.8) is 0 Å². The molecule has 0 spiro atoms. The summed E-state index contributed by atoms with van der Waals surface area (Å²) in [5, 5.41) is 9.10. The van der Waals surface area contributed by atoms with Gasteiger partial charge in [0.05, 0.1) is 11.3 Å². The molecule has 0 heterocycles. The normalized spacial score (nSPS) is 9.85. The fourth-order valence-corrected chi connectivity index (χ4v) is 2.05. The monoisotopic (exact) mass is 264 g/mol. The van der Waals surface area contributed by atoms with Crippen LogP contribution in [0.15, 0.2) is 48.5 Å². The standard InChI is InChI=1S/C17H16N2O/c1-3-13-8-10-14(11-9-13)17(20)19(2)16-7-5-4-6-15(16)12-18/h4-11H,3H2,1-2H3. The molecule has 0 unspecified atom stereocenters. The molecule has 3 nitrogen and oxygen atoms in total. The number of nitriles is 1. The number of benzene rings is 2. The van der Waals surface area contributed by atoms with Gasteiger partial charge in [-0.05, 0) is 36.2 Å². The minimum absolute atomic E-state index is 0.115. The summed E-state index contributed by atoms with van der Waals surface area (Å²) >= 11 is 0. The number of hydrogen-bond donors (Lipinski definition) is 0. The number of anilines is 1. The maximum atomic E-state index is 12.4. The first-order chi connectivity index (χ1) is 9.67. The molecule has 20 heavy (non-hydrogen) atoms. The fourth-order valence-electron chi connectivity index (χ4n) is 2.05. The molecular formula is C17H16N2O. The van der Waals surface area contributed by atoms with E-state index in [2.05, 4.69) is 13.0 Å². The highest BCUT2D eigenvalue weighted by molar-refractivity contribution is 6.06. The summed E-state index contributed by atoms with van der Waals surface area (Å²) in [5.74, 6) is -0.115. The van der Waals surface area contributed by atoms with Crippen molar-refractivity contribution in [3.05, 3.63) is 65.2 Å². The molecule has 2 aromatic carbocycles. The molecule has 0 aromatic heterocycles. The third-order valence-corrected chi connectivity index (χ3v) is 3.30. The van der Waals surface area contributed by atoms with E-state index in [1.165, 1.54) is 10.5 Å². The topological polar surface area (TPSA) is 44.1 Å². The number of para-hydroxylation sites is 1. The van der Waals surface area contributed by atoms with Gasteiger partial charge in [-0.15, -0.1) is 0 Å². The lowest BCUT2D eigenvalue weighted by Gasteiger charge is -2.18. The summed E-state index contributed by atoms with van der Waals surface area (Å²) in [4.78, 5) is 13.9. The van der Waals surface area contributed by atoms with Crippen LogP contribution in [0.2, 0.25) is 0 Å². The van der Waals surface area contributed by atoms with E-state index in [-0.39, 0.29) is 5.91 Å². The maximum absolute atomic E-state index is 12.4. The van der Waals surface area contributed by atoms with Gasteiger partial charge < -0.3 is 4.90 Å². The first-order valence-corrected chi connectivity index (χ1v) is 6.53. The molecule has 0 aliphatic carbocycles. The van der Waals surface area contributed by atoms with Crippen LogP contribution in [-0.4, -0.2) is 13.0 Å². The van der Waals surface area contributed by atoms with Gasteiger partial charge in [0, 0.05) is 12.6 Å². The predicted octanol–water partition coefficient (Wildman–Crippen LogP) is 3.40. The summed E-state index contributed by atoms with van der Waals surface area (Å²) in [6.45, 7) is 2.08. The molecule has 1 amide bonds. The molecule has 0 aliphatic heterocycles. The maximum Gasteiger partial charge on any atom is 0.258 e. The minimum atomic E-state index is -0.115. The SMILES string of the molecule is CCc1ccc(C(=O)N(C)c2ccccc2C#N)cc1. The largest absolute Gasteiger partial charge is 0.310 e. The van der Waals surface area contributed by atoms with Gasteiger partial charge in [0.2, 0.25) is 0 Å². The molecule has 2 rings (SSSR count). The van der Waals surface area contributed by atoms with Crippen LogP contribution in [0.25, 0.3) is 0 Å². The molecule has 100 valence electrons. The Morgan fingerprint density at radius 2 is 1.80 bits per heavy atom. The van der Waals surface area contributed by atoms with Gasteiger partial charge in [-0.25, -0.2) is 0 Å². The number of carbonyl (C=O) groups excluding carboxylic acids is 1. The highest BCUT2D eigenvalue weighted by Crippen LogP contribution is 2.20. The highest BCUT2D eigenvalue weighted by Gasteiger charge is 2.15. The summed E-state index contributed by atoms with van der Waals surface area (Å²) < 4.78 is 0. The van der Waals surface area contributed by atoms with E-state index in [9.17, 15) is 4.79 Å². The summed E-state index contributed by atoms with van der Waals surface area (Å²) in [6.07, 6.45) is 0.946. The second-order valence-electron chi connectivity index (χ2n) is 4.54. The van der Waals surface area contributed by atoms with Crippen LogP contribution in [0.3, 0.4) is 0 Å². The zero-order valence-corrected chi connectivity index (χ0v) is 11.6. The zero-order chi connectivity index (χ0) is 14.5. The molecule has 0 bridgehead atoms. The van der Waals surface area contributed by atoms with Crippen LogP contribution < -0.4 is 4.90 Å². The number of amides is 1. The molecule has 0 N–H and O–H groups in total. The van der Waals surface area contributed by atoms with E-state index < -0.39 is 0 Å². The number of rotatable bonds is 3. The first-order valence-electron chi connectivity index (χ1n) is 6.53. The van der Waals surface area contributed by atoms with Crippen molar-refractivity contribution in [2.75, 3.05) is 11.9 Å². The number of hydrogen-bond acceptors (Lipinski definition) is 2. The van der Waals surface area contributed by atoms with E-state index in [1.807, 2.05) is 30.3 Å². The number of carbonyl (C=O) groups is 1. The van der Waals surface area contributed by atoms with Crippen LogP contribution >= 0.6 is 0 Å². The Kier molecular flexibility index (Phi) is 4.17. The molecule has 3 heteroatoms. The van der Waals surface area contributed by atoms with E-state index in [1.54, 1.807) is 25.2 Å². The van der Waals surface area contributed by atoms with Gasteiger partial charge in [-0.3, -0.25) is 4.79 Å². The van der Waals surface area contributed by atoms with Crippen LogP contribution in [0, 0.1) is 11.3 Å². The highest BCUT2D eigenvalue weighted by atomic mass is 16.2. The van der Waals surface area contributed by atoms with Crippen molar-refractivity contribution in [1.29, 1.82) is 5.26 Å². The predicted molar refractivity (Wildman–Crippen MR) is 79.7 cm³/mol. The molecule has 0 saturated carbocycles. The lowest BCUT2D eigenvalue weighted by atomic mass is 10.1. The van der Waals surface area contributed by atoms with E-state index >= 15 is 0 Å².